The Hall–Kier alpha value is -1.89. The quantitative estimate of drug-likeness (QED) is 0.900. The molecule has 0 spiro atoms. The minimum Gasteiger partial charge on any atom is -0.340 e. The van der Waals surface area contributed by atoms with Crippen LogP contribution in [0.5, 0.6) is 0 Å². The molecule has 2 aliphatic rings. The SMILES string of the molecule is Cc1ccc2nc(C3CCCN3C(=O)C3CCS(=O)(=O)C3)[nH]c2c1. The fourth-order valence-electron chi connectivity index (χ4n) is 3.84. The van der Waals surface area contributed by atoms with Gasteiger partial charge in [-0.3, -0.25) is 4.79 Å². The van der Waals surface area contributed by atoms with Crippen molar-refractivity contribution < 1.29 is 13.2 Å². The summed E-state index contributed by atoms with van der Waals surface area (Å²) in [5, 5.41) is 0. The number of amides is 1. The predicted octanol–water partition coefficient (Wildman–Crippen LogP) is 1.97. The Labute approximate surface area is 141 Å². The normalized spacial score (nSPS) is 26.3. The van der Waals surface area contributed by atoms with E-state index in [2.05, 4.69) is 16.0 Å². The van der Waals surface area contributed by atoms with Gasteiger partial charge in [0.25, 0.3) is 0 Å². The summed E-state index contributed by atoms with van der Waals surface area (Å²) in [4.78, 5) is 22.6. The highest BCUT2D eigenvalue weighted by molar-refractivity contribution is 7.91. The first-order valence-electron chi connectivity index (χ1n) is 8.40. The van der Waals surface area contributed by atoms with Gasteiger partial charge in [-0.1, -0.05) is 6.07 Å². The lowest BCUT2D eigenvalue weighted by Crippen LogP contribution is -2.36. The molecule has 24 heavy (non-hydrogen) atoms. The van der Waals surface area contributed by atoms with Crippen LogP contribution < -0.4 is 0 Å². The van der Waals surface area contributed by atoms with E-state index in [0.29, 0.717) is 13.0 Å². The number of benzene rings is 1. The van der Waals surface area contributed by atoms with E-state index in [1.807, 2.05) is 24.0 Å². The average molecular weight is 347 g/mol. The van der Waals surface area contributed by atoms with E-state index < -0.39 is 9.84 Å². The predicted molar refractivity (Wildman–Crippen MR) is 91.3 cm³/mol. The van der Waals surface area contributed by atoms with Gasteiger partial charge in [-0.15, -0.1) is 0 Å². The molecule has 0 radical (unpaired) electrons. The Balaban J connectivity index is 1.61. The molecule has 7 heteroatoms. The standard InChI is InChI=1S/C17H21N3O3S/c1-11-4-5-13-14(9-11)19-16(18-13)15-3-2-7-20(15)17(21)12-6-8-24(22,23)10-12/h4-5,9,12,15H,2-3,6-8,10H2,1H3,(H,18,19). The van der Waals surface area contributed by atoms with Gasteiger partial charge < -0.3 is 9.88 Å². The molecule has 2 aliphatic heterocycles. The maximum absolute atomic E-state index is 12.8. The number of aromatic nitrogens is 2. The van der Waals surface area contributed by atoms with Crippen molar-refractivity contribution in [2.75, 3.05) is 18.1 Å². The van der Waals surface area contributed by atoms with E-state index >= 15 is 0 Å². The van der Waals surface area contributed by atoms with E-state index in [1.165, 1.54) is 0 Å². The van der Waals surface area contributed by atoms with Crippen molar-refractivity contribution in [3.05, 3.63) is 29.6 Å². The first-order chi connectivity index (χ1) is 11.4. The van der Waals surface area contributed by atoms with Crippen LogP contribution in [0.3, 0.4) is 0 Å². The molecule has 2 saturated heterocycles. The monoisotopic (exact) mass is 347 g/mol. The van der Waals surface area contributed by atoms with Crippen LogP contribution in [0.2, 0.25) is 0 Å². The van der Waals surface area contributed by atoms with Crippen molar-refractivity contribution in [2.45, 2.75) is 32.2 Å². The van der Waals surface area contributed by atoms with Crippen LogP contribution in [-0.2, 0) is 14.6 Å². The molecule has 1 amide bonds. The molecule has 2 unspecified atom stereocenters. The second kappa shape index (κ2) is 5.58. The number of hydrogen-bond acceptors (Lipinski definition) is 4. The summed E-state index contributed by atoms with van der Waals surface area (Å²) in [6.07, 6.45) is 2.24. The Morgan fingerprint density at radius 2 is 2.17 bits per heavy atom. The zero-order valence-corrected chi connectivity index (χ0v) is 14.5. The summed E-state index contributed by atoms with van der Waals surface area (Å²) in [6.45, 7) is 2.71. The van der Waals surface area contributed by atoms with Crippen LogP contribution >= 0.6 is 0 Å². The molecule has 0 bridgehead atoms. The lowest BCUT2D eigenvalue weighted by Gasteiger charge is -2.25. The van der Waals surface area contributed by atoms with Gasteiger partial charge in [-0.2, -0.15) is 0 Å². The Bertz CT molecular complexity index is 903. The van der Waals surface area contributed by atoms with Crippen LogP contribution in [-0.4, -0.2) is 47.2 Å². The third-order valence-corrected chi connectivity index (χ3v) is 6.86. The zero-order valence-electron chi connectivity index (χ0n) is 13.7. The number of sulfone groups is 1. The van der Waals surface area contributed by atoms with Gasteiger partial charge in [-0.25, -0.2) is 13.4 Å². The Kier molecular flexibility index (Phi) is 3.63. The van der Waals surface area contributed by atoms with Gasteiger partial charge >= 0.3 is 0 Å². The smallest absolute Gasteiger partial charge is 0.227 e. The van der Waals surface area contributed by atoms with Crippen molar-refractivity contribution >= 4 is 26.8 Å². The van der Waals surface area contributed by atoms with Crippen LogP contribution in [0.4, 0.5) is 0 Å². The van der Waals surface area contributed by atoms with Gasteiger partial charge in [0, 0.05) is 6.54 Å². The summed E-state index contributed by atoms with van der Waals surface area (Å²) < 4.78 is 23.3. The molecule has 3 heterocycles. The van der Waals surface area contributed by atoms with E-state index in [0.717, 1.165) is 35.3 Å². The van der Waals surface area contributed by atoms with Gasteiger partial charge in [-0.05, 0) is 43.9 Å². The Morgan fingerprint density at radius 1 is 1.33 bits per heavy atom. The second-order valence-electron chi connectivity index (χ2n) is 6.93. The number of nitrogens with zero attached hydrogens (tertiary/aromatic N) is 2. The first-order valence-corrected chi connectivity index (χ1v) is 10.2. The fraction of sp³-hybridized carbons (Fsp3) is 0.529. The second-order valence-corrected chi connectivity index (χ2v) is 9.16. The molecule has 4 rings (SSSR count). The van der Waals surface area contributed by atoms with Crippen LogP contribution in [0.1, 0.15) is 36.7 Å². The molecule has 0 aliphatic carbocycles. The third-order valence-electron chi connectivity index (χ3n) is 5.09. The summed E-state index contributed by atoms with van der Waals surface area (Å²) in [6, 6.07) is 5.98. The third kappa shape index (κ3) is 2.70. The summed E-state index contributed by atoms with van der Waals surface area (Å²) >= 11 is 0. The first kappa shape index (κ1) is 15.6. The molecule has 2 fully saturated rings. The number of rotatable bonds is 2. The Morgan fingerprint density at radius 3 is 2.92 bits per heavy atom. The summed E-state index contributed by atoms with van der Waals surface area (Å²) in [7, 11) is -3.05. The van der Waals surface area contributed by atoms with Crippen molar-refractivity contribution in [3.8, 4) is 0 Å². The number of aryl methyl sites for hydroxylation is 1. The number of hydrogen-bond donors (Lipinski definition) is 1. The zero-order chi connectivity index (χ0) is 16.9. The summed E-state index contributed by atoms with van der Waals surface area (Å²) in [5.41, 5.74) is 3.04. The fourth-order valence-corrected chi connectivity index (χ4v) is 5.57. The minimum absolute atomic E-state index is 0.00558. The van der Waals surface area contributed by atoms with E-state index in [9.17, 15) is 13.2 Å². The molecule has 1 aromatic carbocycles. The molecule has 2 atom stereocenters. The van der Waals surface area contributed by atoms with Crippen molar-refractivity contribution in [3.63, 3.8) is 0 Å². The molecular formula is C17H21N3O3S. The number of H-pyrrole nitrogens is 1. The number of carbonyl (C=O) groups excluding carboxylic acids is 1. The van der Waals surface area contributed by atoms with Gasteiger partial charge in [0.15, 0.2) is 9.84 Å². The van der Waals surface area contributed by atoms with Gasteiger partial charge in [0.05, 0.1) is 34.5 Å². The van der Waals surface area contributed by atoms with Crippen molar-refractivity contribution in [2.24, 2.45) is 5.92 Å². The molecule has 0 saturated carbocycles. The number of likely N-dealkylation sites (tertiary alicyclic amines) is 1. The number of nitrogens with one attached hydrogen (secondary N) is 1. The number of aromatic amines is 1. The van der Waals surface area contributed by atoms with E-state index in [1.54, 1.807) is 0 Å². The van der Waals surface area contributed by atoms with Crippen LogP contribution in [0.25, 0.3) is 11.0 Å². The minimum atomic E-state index is -3.05. The van der Waals surface area contributed by atoms with Crippen LogP contribution in [0, 0.1) is 12.8 Å². The maximum atomic E-state index is 12.8. The van der Waals surface area contributed by atoms with Crippen molar-refractivity contribution in [1.29, 1.82) is 0 Å². The number of fused-ring (bicyclic) bond motifs is 1. The highest BCUT2D eigenvalue weighted by Crippen LogP contribution is 2.34. The largest absolute Gasteiger partial charge is 0.340 e. The maximum Gasteiger partial charge on any atom is 0.227 e. The van der Waals surface area contributed by atoms with E-state index in [-0.39, 0.29) is 29.4 Å². The molecule has 2 aromatic rings. The van der Waals surface area contributed by atoms with Gasteiger partial charge in [0.1, 0.15) is 5.82 Å². The number of imidazole rings is 1. The molecule has 1 N–H and O–H groups in total. The number of carbonyl (C=O) groups is 1. The summed E-state index contributed by atoms with van der Waals surface area (Å²) in [5.74, 6) is 0.514. The van der Waals surface area contributed by atoms with Gasteiger partial charge in [0.2, 0.25) is 5.91 Å². The average Bonchev–Trinajstić information content (AvgIpc) is 3.22. The molecule has 1 aromatic heterocycles. The topological polar surface area (TPSA) is 83.1 Å². The lowest BCUT2D eigenvalue weighted by atomic mass is 10.1. The molecule has 128 valence electrons. The molecule has 6 nitrogen and oxygen atoms in total. The lowest BCUT2D eigenvalue weighted by molar-refractivity contribution is -0.135. The highest BCUT2D eigenvalue weighted by Gasteiger charge is 2.40. The van der Waals surface area contributed by atoms with Crippen LogP contribution in [0.15, 0.2) is 18.2 Å². The van der Waals surface area contributed by atoms with E-state index in [4.69, 9.17) is 0 Å². The highest BCUT2D eigenvalue weighted by atomic mass is 32.2. The molecular weight excluding hydrogens is 326 g/mol. The van der Waals surface area contributed by atoms with Crippen molar-refractivity contribution in [1.82, 2.24) is 14.9 Å².